The summed E-state index contributed by atoms with van der Waals surface area (Å²) in [5, 5.41) is 6.18. The highest BCUT2D eigenvalue weighted by Gasteiger charge is 2.15. The van der Waals surface area contributed by atoms with Gasteiger partial charge in [-0.2, -0.15) is 0 Å². The summed E-state index contributed by atoms with van der Waals surface area (Å²) < 4.78 is 13.3. The standard InChI is InChI=1S/C23H21FN4O2S/c1-14-12-20(28-22(29)15-6-4-7-16(24)13-15)31-21(14)23(30)25-11-5-10-19-26-17-8-2-3-9-18(17)27-19/h2-4,6-9,12-13H,5,10-11H2,1H3,(H,25,30)(H,26,27)(H,28,29). The fourth-order valence-corrected chi connectivity index (χ4v) is 4.23. The first kappa shape index (κ1) is 20.7. The van der Waals surface area contributed by atoms with Crippen LogP contribution in [0, 0.1) is 12.7 Å². The Hall–Kier alpha value is -3.52. The maximum Gasteiger partial charge on any atom is 0.261 e. The average molecular weight is 437 g/mol. The molecule has 0 spiro atoms. The van der Waals surface area contributed by atoms with E-state index in [0.717, 1.165) is 35.3 Å². The van der Waals surface area contributed by atoms with Crippen LogP contribution in [0.5, 0.6) is 0 Å². The number of aryl methyl sites for hydroxylation is 2. The van der Waals surface area contributed by atoms with E-state index in [0.29, 0.717) is 16.4 Å². The lowest BCUT2D eigenvalue weighted by molar-refractivity contribution is 0.0955. The van der Waals surface area contributed by atoms with E-state index in [2.05, 4.69) is 20.6 Å². The molecule has 0 bridgehead atoms. The number of hydrogen-bond acceptors (Lipinski definition) is 4. The van der Waals surface area contributed by atoms with Crippen molar-refractivity contribution in [2.75, 3.05) is 11.9 Å². The molecule has 4 aromatic rings. The van der Waals surface area contributed by atoms with Gasteiger partial charge in [-0.15, -0.1) is 11.3 Å². The molecule has 158 valence electrons. The lowest BCUT2D eigenvalue weighted by Crippen LogP contribution is -2.24. The number of rotatable bonds is 7. The van der Waals surface area contributed by atoms with Gasteiger partial charge in [0.2, 0.25) is 0 Å². The van der Waals surface area contributed by atoms with Crippen molar-refractivity contribution in [1.82, 2.24) is 15.3 Å². The van der Waals surface area contributed by atoms with Crippen molar-refractivity contribution < 1.29 is 14.0 Å². The zero-order chi connectivity index (χ0) is 21.8. The van der Waals surface area contributed by atoms with Gasteiger partial charge in [0.05, 0.1) is 20.9 Å². The number of para-hydroxylation sites is 2. The summed E-state index contributed by atoms with van der Waals surface area (Å²) in [6, 6.07) is 15.1. The van der Waals surface area contributed by atoms with E-state index in [-0.39, 0.29) is 11.5 Å². The number of H-pyrrole nitrogens is 1. The predicted molar refractivity (Wildman–Crippen MR) is 120 cm³/mol. The molecule has 0 unspecified atom stereocenters. The second-order valence-corrected chi connectivity index (χ2v) is 8.20. The van der Waals surface area contributed by atoms with Crippen LogP contribution in [0.25, 0.3) is 11.0 Å². The molecule has 2 aromatic carbocycles. The summed E-state index contributed by atoms with van der Waals surface area (Å²) in [6.07, 6.45) is 1.48. The fourth-order valence-electron chi connectivity index (χ4n) is 3.24. The predicted octanol–water partition coefficient (Wildman–Crippen LogP) is 4.69. The second-order valence-electron chi connectivity index (χ2n) is 7.15. The highest BCUT2D eigenvalue weighted by Crippen LogP contribution is 2.27. The molecular formula is C23H21FN4O2S. The summed E-state index contributed by atoms with van der Waals surface area (Å²) in [5.74, 6) is -0.181. The van der Waals surface area contributed by atoms with E-state index in [1.54, 1.807) is 6.07 Å². The first-order chi connectivity index (χ1) is 15.0. The van der Waals surface area contributed by atoms with Crippen molar-refractivity contribution >= 4 is 39.2 Å². The van der Waals surface area contributed by atoms with Gasteiger partial charge in [0.25, 0.3) is 11.8 Å². The molecule has 0 fully saturated rings. The van der Waals surface area contributed by atoms with E-state index in [4.69, 9.17) is 0 Å². The molecule has 0 saturated heterocycles. The zero-order valence-corrected chi connectivity index (χ0v) is 17.7. The highest BCUT2D eigenvalue weighted by molar-refractivity contribution is 7.18. The van der Waals surface area contributed by atoms with Gasteiger partial charge >= 0.3 is 0 Å². The van der Waals surface area contributed by atoms with E-state index in [1.807, 2.05) is 31.2 Å². The number of nitrogens with one attached hydrogen (secondary N) is 3. The largest absolute Gasteiger partial charge is 0.351 e. The first-order valence-corrected chi connectivity index (χ1v) is 10.7. The van der Waals surface area contributed by atoms with Gasteiger partial charge in [-0.05, 0) is 55.3 Å². The number of anilines is 1. The minimum Gasteiger partial charge on any atom is -0.351 e. The third kappa shape index (κ3) is 4.97. The van der Waals surface area contributed by atoms with E-state index >= 15 is 0 Å². The van der Waals surface area contributed by atoms with Crippen LogP contribution >= 0.6 is 11.3 Å². The average Bonchev–Trinajstić information content (AvgIpc) is 3.33. The number of halogens is 1. The van der Waals surface area contributed by atoms with Crippen LogP contribution in [0.2, 0.25) is 0 Å². The van der Waals surface area contributed by atoms with E-state index < -0.39 is 11.7 Å². The molecule has 2 aromatic heterocycles. The lowest BCUT2D eigenvalue weighted by Gasteiger charge is -2.04. The van der Waals surface area contributed by atoms with Crippen molar-refractivity contribution in [3.05, 3.63) is 82.2 Å². The number of nitrogens with zero attached hydrogens (tertiary/aromatic N) is 1. The number of carbonyl (C=O) groups is 2. The molecule has 0 aliphatic carbocycles. The van der Waals surface area contributed by atoms with Crippen LogP contribution in [0.4, 0.5) is 9.39 Å². The van der Waals surface area contributed by atoms with Crippen LogP contribution in [0.15, 0.2) is 54.6 Å². The minimum absolute atomic E-state index is 0.182. The lowest BCUT2D eigenvalue weighted by atomic mass is 10.2. The monoisotopic (exact) mass is 436 g/mol. The summed E-state index contributed by atoms with van der Waals surface area (Å²) in [5.41, 5.74) is 2.93. The molecule has 0 aliphatic heterocycles. The van der Waals surface area contributed by atoms with E-state index in [9.17, 15) is 14.0 Å². The molecule has 6 nitrogen and oxygen atoms in total. The minimum atomic E-state index is -0.474. The molecule has 4 rings (SSSR count). The zero-order valence-electron chi connectivity index (χ0n) is 16.9. The molecule has 2 amide bonds. The Morgan fingerprint density at radius 3 is 2.74 bits per heavy atom. The van der Waals surface area contributed by atoms with Crippen LogP contribution < -0.4 is 10.6 Å². The van der Waals surface area contributed by atoms with Crippen molar-refractivity contribution in [3.63, 3.8) is 0 Å². The van der Waals surface area contributed by atoms with E-state index in [1.165, 1.54) is 35.6 Å². The molecule has 0 aliphatic rings. The number of aromatic amines is 1. The normalized spacial score (nSPS) is 10.9. The van der Waals surface area contributed by atoms with Gasteiger partial charge in [0, 0.05) is 18.5 Å². The number of amides is 2. The molecular weight excluding hydrogens is 415 g/mol. The van der Waals surface area contributed by atoms with Crippen molar-refractivity contribution in [2.45, 2.75) is 19.8 Å². The number of thiophene rings is 1. The molecule has 8 heteroatoms. The molecule has 0 radical (unpaired) electrons. The van der Waals surface area contributed by atoms with Gasteiger partial charge in [0.15, 0.2) is 0 Å². The number of fused-ring (bicyclic) bond motifs is 1. The number of imidazole rings is 1. The van der Waals surface area contributed by atoms with Crippen molar-refractivity contribution in [3.8, 4) is 0 Å². The first-order valence-electron chi connectivity index (χ1n) is 9.89. The SMILES string of the molecule is Cc1cc(NC(=O)c2cccc(F)c2)sc1C(=O)NCCCc1nc2ccccc2[nH]1. The molecule has 3 N–H and O–H groups in total. The Bertz CT molecular complexity index is 1210. The van der Waals surface area contributed by atoms with Crippen LogP contribution in [-0.2, 0) is 6.42 Å². The Morgan fingerprint density at radius 2 is 1.94 bits per heavy atom. The molecule has 0 saturated carbocycles. The molecule has 2 heterocycles. The third-order valence-electron chi connectivity index (χ3n) is 4.76. The van der Waals surface area contributed by atoms with Crippen molar-refractivity contribution in [1.29, 1.82) is 0 Å². The van der Waals surface area contributed by atoms with Gasteiger partial charge in [0.1, 0.15) is 11.6 Å². The van der Waals surface area contributed by atoms with Crippen LogP contribution in [0.1, 0.15) is 37.8 Å². The Kier molecular flexibility index (Phi) is 6.08. The van der Waals surface area contributed by atoms with Gasteiger partial charge in [-0.3, -0.25) is 9.59 Å². The van der Waals surface area contributed by atoms with Gasteiger partial charge < -0.3 is 15.6 Å². The number of hydrogen-bond donors (Lipinski definition) is 3. The van der Waals surface area contributed by atoms with Crippen molar-refractivity contribution in [2.24, 2.45) is 0 Å². The Morgan fingerprint density at radius 1 is 1.10 bits per heavy atom. The fraction of sp³-hybridized carbons (Fsp3) is 0.174. The highest BCUT2D eigenvalue weighted by atomic mass is 32.1. The topological polar surface area (TPSA) is 86.9 Å². The number of carbonyl (C=O) groups excluding carboxylic acids is 2. The second kappa shape index (κ2) is 9.09. The quantitative estimate of drug-likeness (QED) is 0.368. The number of benzene rings is 2. The molecule has 31 heavy (non-hydrogen) atoms. The Labute approximate surface area is 182 Å². The Balaban J connectivity index is 1.30. The smallest absolute Gasteiger partial charge is 0.261 e. The summed E-state index contributed by atoms with van der Waals surface area (Å²) >= 11 is 1.20. The summed E-state index contributed by atoms with van der Waals surface area (Å²) in [7, 11) is 0. The maximum absolute atomic E-state index is 13.3. The van der Waals surface area contributed by atoms with Crippen LogP contribution in [0.3, 0.4) is 0 Å². The summed E-state index contributed by atoms with van der Waals surface area (Å²) in [4.78, 5) is 33.2. The van der Waals surface area contributed by atoms with Gasteiger partial charge in [-0.25, -0.2) is 9.37 Å². The maximum atomic E-state index is 13.3. The van der Waals surface area contributed by atoms with Crippen LogP contribution in [-0.4, -0.2) is 28.3 Å². The van der Waals surface area contributed by atoms with Gasteiger partial charge in [-0.1, -0.05) is 18.2 Å². The number of aromatic nitrogens is 2. The molecule has 0 atom stereocenters. The summed E-state index contributed by atoms with van der Waals surface area (Å²) in [6.45, 7) is 2.33. The third-order valence-corrected chi connectivity index (χ3v) is 5.91.